The molecule has 1 rings (SSSR count). The van der Waals surface area contributed by atoms with Crippen molar-refractivity contribution in [3.8, 4) is 0 Å². The van der Waals surface area contributed by atoms with Crippen LogP contribution in [-0.4, -0.2) is 21.5 Å². The van der Waals surface area contributed by atoms with E-state index in [1.807, 2.05) is 0 Å². The number of unbranched alkanes of at least 4 members (excludes halogenated alkanes) is 3. The van der Waals surface area contributed by atoms with Gasteiger partial charge in [0.15, 0.2) is 0 Å². The van der Waals surface area contributed by atoms with Gasteiger partial charge in [-0.1, -0.05) is 45.7 Å². The molecule has 15 heavy (non-hydrogen) atoms. The zero-order valence-electron chi connectivity index (χ0n) is 10.7. The van der Waals surface area contributed by atoms with Gasteiger partial charge in [-0.2, -0.15) is 0 Å². The van der Waals surface area contributed by atoms with E-state index in [0.29, 0.717) is 6.10 Å². The summed E-state index contributed by atoms with van der Waals surface area (Å²) in [5.74, 6) is 0.891. The molecule has 0 aliphatic carbocycles. The number of hydrogen-bond donors (Lipinski definition) is 0. The third-order valence-corrected chi connectivity index (χ3v) is 4.60. The first-order chi connectivity index (χ1) is 7.24. The molecule has 0 amide bonds. The molecule has 0 aromatic rings. The molecule has 2 heteroatoms. The van der Waals surface area contributed by atoms with Crippen LogP contribution < -0.4 is 0 Å². The van der Waals surface area contributed by atoms with Crippen LogP contribution in [0.4, 0.5) is 0 Å². The van der Waals surface area contributed by atoms with Gasteiger partial charge in [0, 0.05) is 15.4 Å². The monoisotopic (exact) mass is 227 g/mol. The molecule has 1 heterocycles. The Morgan fingerprint density at radius 3 is 2.67 bits per heavy atom. The van der Waals surface area contributed by atoms with E-state index in [0.717, 1.165) is 12.5 Å². The largest absolute Gasteiger partial charge is 0.378 e. The van der Waals surface area contributed by atoms with Gasteiger partial charge in [-0.3, -0.25) is 0 Å². The minimum atomic E-state index is -0.110. The van der Waals surface area contributed by atoms with Gasteiger partial charge in [-0.25, -0.2) is 0 Å². The predicted octanol–water partition coefficient (Wildman–Crippen LogP) is 4.12. The third kappa shape index (κ3) is 5.16. The highest BCUT2D eigenvalue weighted by molar-refractivity contribution is 6.55. The van der Waals surface area contributed by atoms with Crippen molar-refractivity contribution in [3.05, 3.63) is 0 Å². The quantitative estimate of drug-likeness (QED) is 0.470. The summed E-state index contributed by atoms with van der Waals surface area (Å²) in [5, 5.41) is 0. The van der Waals surface area contributed by atoms with Gasteiger partial charge < -0.3 is 4.74 Å². The van der Waals surface area contributed by atoms with E-state index in [2.05, 4.69) is 20.0 Å². The van der Waals surface area contributed by atoms with Crippen molar-refractivity contribution in [2.45, 2.75) is 70.7 Å². The maximum Gasteiger partial charge on any atom is 0.0578 e. The number of rotatable bonds is 7. The Morgan fingerprint density at radius 1 is 1.20 bits per heavy atom. The molecule has 0 bridgehead atoms. The first kappa shape index (κ1) is 13.2. The van der Waals surface area contributed by atoms with E-state index < -0.39 is 0 Å². The SMILES string of the molecule is CCCCCCC1CCOC1C[Si](C)C. The van der Waals surface area contributed by atoms with E-state index in [9.17, 15) is 0 Å². The third-order valence-electron chi connectivity index (χ3n) is 3.38. The smallest absolute Gasteiger partial charge is 0.0578 e. The van der Waals surface area contributed by atoms with E-state index in [1.165, 1.54) is 44.6 Å². The lowest BCUT2D eigenvalue weighted by Gasteiger charge is -2.19. The van der Waals surface area contributed by atoms with Crippen LogP contribution in [0.2, 0.25) is 19.1 Å². The van der Waals surface area contributed by atoms with Crippen molar-refractivity contribution in [2.24, 2.45) is 5.92 Å². The second-order valence-corrected chi connectivity index (χ2v) is 8.04. The van der Waals surface area contributed by atoms with Gasteiger partial charge in [0.2, 0.25) is 0 Å². The molecule has 89 valence electrons. The highest BCUT2D eigenvalue weighted by Crippen LogP contribution is 2.29. The minimum absolute atomic E-state index is 0.110. The van der Waals surface area contributed by atoms with E-state index >= 15 is 0 Å². The lowest BCUT2D eigenvalue weighted by molar-refractivity contribution is 0.102. The van der Waals surface area contributed by atoms with Crippen LogP contribution in [0.5, 0.6) is 0 Å². The van der Waals surface area contributed by atoms with Crippen LogP contribution >= 0.6 is 0 Å². The van der Waals surface area contributed by atoms with Crippen LogP contribution in [0.25, 0.3) is 0 Å². The molecule has 1 radical (unpaired) electrons. The average molecular weight is 227 g/mol. The molecule has 1 nitrogen and oxygen atoms in total. The highest BCUT2D eigenvalue weighted by atomic mass is 28.3. The van der Waals surface area contributed by atoms with Crippen LogP contribution in [0.3, 0.4) is 0 Å². The lowest BCUT2D eigenvalue weighted by atomic mass is 9.95. The molecule has 1 fully saturated rings. The minimum Gasteiger partial charge on any atom is -0.378 e. The molecule has 0 spiro atoms. The molecule has 1 aliphatic heterocycles. The van der Waals surface area contributed by atoms with Crippen molar-refractivity contribution < 1.29 is 4.74 Å². The fourth-order valence-corrected chi connectivity index (χ4v) is 3.74. The Bertz CT molecular complexity index is 159. The molecular formula is C13H27OSi. The predicted molar refractivity (Wildman–Crippen MR) is 68.9 cm³/mol. The maximum atomic E-state index is 5.86. The fraction of sp³-hybridized carbons (Fsp3) is 1.00. The van der Waals surface area contributed by atoms with Gasteiger partial charge >= 0.3 is 0 Å². The van der Waals surface area contributed by atoms with Gasteiger partial charge in [-0.15, -0.1) is 0 Å². The summed E-state index contributed by atoms with van der Waals surface area (Å²) in [7, 11) is -0.110. The Morgan fingerprint density at radius 2 is 2.00 bits per heavy atom. The van der Waals surface area contributed by atoms with Crippen LogP contribution in [0.15, 0.2) is 0 Å². The second kappa shape index (κ2) is 7.45. The van der Waals surface area contributed by atoms with Gasteiger partial charge in [0.25, 0.3) is 0 Å². The van der Waals surface area contributed by atoms with Crippen molar-refractivity contribution in [1.82, 2.24) is 0 Å². The molecule has 0 N–H and O–H groups in total. The summed E-state index contributed by atoms with van der Waals surface area (Å²) in [6, 6.07) is 1.36. The van der Waals surface area contributed by atoms with Crippen molar-refractivity contribution in [2.75, 3.05) is 6.61 Å². The molecule has 1 saturated heterocycles. The fourth-order valence-electron chi connectivity index (χ4n) is 2.48. The Balaban J connectivity index is 2.15. The van der Waals surface area contributed by atoms with E-state index in [4.69, 9.17) is 4.74 Å². The second-order valence-electron chi connectivity index (χ2n) is 5.22. The molecular weight excluding hydrogens is 200 g/mol. The first-order valence-corrected chi connectivity index (χ1v) is 9.35. The lowest BCUT2D eigenvalue weighted by Crippen LogP contribution is -2.21. The van der Waals surface area contributed by atoms with Crippen LogP contribution in [-0.2, 0) is 4.74 Å². The summed E-state index contributed by atoms with van der Waals surface area (Å²) in [4.78, 5) is 0. The highest BCUT2D eigenvalue weighted by Gasteiger charge is 2.28. The van der Waals surface area contributed by atoms with Gasteiger partial charge in [0.05, 0.1) is 6.10 Å². The average Bonchev–Trinajstić information content (AvgIpc) is 2.59. The summed E-state index contributed by atoms with van der Waals surface area (Å²) < 4.78 is 5.86. The number of ether oxygens (including phenoxy) is 1. The van der Waals surface area contributed by atoms with Crippen molar-refractivity contribution >= 4 is 8.80 Å². The molecule has 0 aromatic carbocycles. The molecule has 0 saturated carbocycles. The zero-order valence-corrected chi connectivity index (χ0v) is 11.7. The standard InChI is InChI=1S/C13H27OSi/c1-4-5-6-7-8-12-9-10-14-13(12)11-15(2)3/h12-13H,4-11H2,1-3H3. The maximum absolute atomic E-state index is 5.86. The summed E-state index contributed by atoms with van der Waals surface area (Å²) in [6.45, 7) is 8.11. The summed E-state index contributed by atoms with van der Waals surface area (Å²) in [6.07, 6.45) is 8.97. The summed E-state index contributed by atoms with van der Waals surface area (Å²) >= 11 is 0. The Kier molecular flexibility index (Phi) is 6.58. The molecule has 0 aromatic heterocycles. The molecule has 2 atom stereocenters. The van der Waals surface area contributed by atoms with Crippen molar-refractivity contribution in [3.63, 3.8) is 0 Å². The van der Waals surface area contributed by atoms with E-state index in [1.54, 1.807) is 0 Å². The number of hydrogen-bond acceptors (Lipinski definition) is 1. The van der Waals surface area contributed by atoms with Crippen LogP contribution in [0.1, 0.15) is 45.4 Å². The van der Waals surface area contributed by atoms with Gasteiger partial charge in [-0.05, 0) is 24.8 Å². The molecule has 2 unspecified atom stereocenters. The normalized spacial score (nSPS) is 26.4. The van der Waals surface area contributed by atoms with Crippen LogP contribution in [0, 0.1) is 5.92 Å². The summed E-state index contributed by atoms with van der Waals surface area (Å²) in [5.41, 5.74) is 0. The Labute approximate surface area is 97.2 Å². The molecule has 1 aliphatic rings. The Hall–Kier alpha value is 0.177. The first-order valence-electron chi connectivity index (χ1n) is 6.64. The topological polar surface area (TPSA) is 9.23 Å². The van der Waals surface area contributed by atoms with Crippen molar-refractivity contribution in [1.29, 1.82) is 0 Å². The van der Waals surface area contributed by atoms with Gasteiger partial charge in [0.1, 0.15) is 0 Å². The van der Waals surface area contributed by atoms with E-state index in [-0.39, 0.29) is 8.80 Å². The zero-order chi connectivity index (χ0) is 11.1.